The number of nitrogens with one attached hydrogen (secondary N) is 1. The first-order valence-corrected chi connectivity index (χ1v) is 7.87. The first-order chi connectivity index (χ1) is 10.1. The number of hydrogen-bond donors (Lipinski definition) is 2. The van der Waals surface area contributed by atoms with E-state index in [9.17, 15) is 8.42 Å². The molecule has 0 atom stereocenters. The molecule has 1 aromatic heterocycles. The molecular formula is C13H18N4O3S. The Morgan fingerprint density at radius 2 is 2.14 bits per heavy atom. The highest BCUT2D eigenvalue weighted by Crippen LogP contribution is 2.20. The van der Waals surface area contributed by atoms with Crippen molar-refractivity contribution in [3.8, 4) is 0 Å². The number of benzene rings is 1. The maximum atomic E-state index is 12.3. The second-order valence-corrected chi connectivity index (χ2v) is 6.11. The molecule has 0 aliphatic heterocycles. The van der Waals surface area contributed by atoms with Crippen LogP contribution in [0.4, 0.5) is 5.69 Å². The molecule has 2 aromatic rings. The molecule has 21 heavy (non-hydrogen) atoms. The molecule has 0 unspecified atom stereocenters. The van der Waals surface area contributed by atoms with E-state index in [0.717, 1.165) is 5.56 Å². The van der Waals surface area contributed by atoms with Crippen LogP contribution in [-0.2, 0) is 27.9 Å². The Morgan fingerprint density at radius 1 is 1.38 bits per heavy atom. The summed E-state index contributed by atoms with van der Waals surface area (Å²) in [7, 11) is -2.12. The Bertz CT molecular complexity index is 697. The van der Waals surface area contributed by atoms with Gasteiger partial charge < -0.3 is 10.5 Å². The topological polar surface area (TPSA) is 99.2 Å². The summed E-state index contributed by atoms with van der Waals surface area (Å²) in [6.45, 7) is 1.19. The molecule has 0 radical (unpaired) electrons. The van der Waals surface area contributed by atoms with E-state index in [1.165, 1.54) is 17.1 Å². The molecule has 0 spiro atoms. The Morgan fingerprint density at radius 3 is 2.86 bits per heavy atom. The van der Waals surface area contributed by atoms with Gasteiger partial charge in [0.2, 0.25) is 0 Å². The minimum Gasteiger partial charge on any atom is -0.380 e. The van der Waals surface area contributed by atoms with Crippen molar-refractivity contribution in [3.63, 3.8) is 0 Å². The lowest BCUT2D eigenvalue weighted by Crippen LogP contribution is -2.14. The largest absolute Gasteiger partial charge is 0.380 e. The third kappa shape index (κ3) is 3.81. The first-order valence-electron chi connectivity index (χ1n) is 6.39. The van der Waals surface area contributed by atoms with E-state index >= 15 is 0 Å². The van der Waals surface area contributed by atoms with Gasteiger partial charge in [-0.25, -0.2) is 8.42 Å². The SMILES string of the molecule is COCc1ccccc1NS(=O)(=O)c1cnn(CCN)c1. The third-order valence-electron chi connectivity index (χ3n) is 2.84. The lowest BCUT2D eigenvalue weighted by atomic mass is 10.2. The standard InChI is InChI=1S/C13H18N4O3S/c1-20-10-11-4-2-3-5-13(11)16-21(18,19)12-8-15-17(9-12)7-6-14/h2-5,8-9,16H,6-7,10,14H2,1H3. The van der Waals surface area contributed by atoms with E-state index in [1.807, 2.05) is 6.07 Å². The van der Waals surface area contributed by atoms with Crippen LogP contribution in [0.3, 0.4) is 0 Å². The number of hydrogen-bond acceptors (Lipinski definition) is 5. The highest BCUT2D eigenvalue weighted by atomic mass is 32.2. The fraction of sp³-hybridized carbons (Fsp3) is 0.308. The van der Waals surface area contributed by atoms with Crippen LogP contribution in [-0.4, -0.2) is 31.9 Å². The van der Waals surface area contributed by atoms with E-state index < -0.39 is 10.0 Å². The van der Waals surface area contributed by atoms with Crippen LogP contribution in [0.1, 0.15) is 5.56 Å². The smallest absolute Gasteiger partial charge is 0.265 e. The van der Waals surface area contributed by atoms with Gasteiger partial charge in [0.15, 0.2) is 0 Å². The maximum Gasteiger partial charge on any atom is 0.265 e. The number of anilines is 1. The molecule has 2 rings (SSSR count). The molecule has 0 saturated heterocycles. The lowest BCUT2D eigenvalue weighted by molar-refractivity contribution is 0.185. The van der Waals surface area contributed by atoms with E-state index in [1.54, 1.807) is 25.3 Å². The van der Waals surface area contributed by atoms with Gasteiger partial charge in [-0.1, -0.05) is 18.2 Å². The highest BCUT2D eigenvalue weighted by molar-refractivity contribution is 7.92. The summed E-state index contributed by atoms with van der Waals surface area (Å²) in [5.41, 5.74) is 6.67. The van der Waals surface area contributed by atoms with Gasteiger partial charge in [0.05, 0.1) is 25.0 Å². The molecule has 7 nitrogen and oxygen atoms in total. The molecule has 0 bridgehead atoms. The minimum absolute atomic E-state index is 0.100. The lowest BCUT2D eigenvalue weighted by Gasteiger charge is -2.11. The van der Waals surface area contributed by atoms with E-state index in [4.69, 9.17) is 10.5 Å². The molecule has 0 amide bonds. The van der Waals surface area contributed by atoms with Crippen molar-refractivity contribution >= 4 is 15.7 Å². The van der Waals surface area contributed by atoms with Gasteiger partial charge in [0.25, 0.3) is 10.0 Å². The van der Waals surface area contributed by atoms with E-state index in [0.29, 0.717) is 25.4 Å². The maximum absolute atomic E-state index is 12.3. The number of rotatable bonds is 7. The number of methoxy groups -OCH3 is 1. The zero-order chi connectivity index (χ0) is 15.3. The van der Waals surface area contributed by atoms with Gasteiger partial charge in [0, 0.05) is 25.4 Å². The Hall–Kier alpha value is -1.90. The van der Waals surface area contributed by atoms with Crippen LogP contribution in [0, 0.1) is 0 Å². The normalized spacial score (nSPS) is 11.5. The monoisotopic (exact) mass is 310 g/mol. The van der Waals surface area contributed by atoms with Crippen LogP contribution >= 0.6 is 0 Å². The Balaban J connectivity index is 2.24. The molecule has 0 aliphatic rings. The summed E-state index contributed by atoms with van der Waals surface area (Å²) in [5.74, 6) is 0. The molecule has 114 valence electrons. The summed E-state index contributed by atoms with van der Waals surface area (Å²) >= 11 is 0. The summed E-state index contributed by atoms with van der Waals surface area (Å²) < 4.78 is 33.8. The average molecular weight is 310 g/mol. The Kier molecular flexibility index (Phi) is 4.94. The number of ether oxygens (including phenoxy) is 1. The van der Waals surface area contributed by atoms with Gasteiger partial charge in [0.1, 0.15) is 4.90 Å². The van der Waals surface area contributed by atoms with E-state index in [2.05, 4.69) is 9.82 Å². The van der Waals surface area contributed by atoms with Gasteiger partial charge in [-0.3, -0.25) is 9.40 Å². The van der Waals surface area contributed by atoms with Crippen molar-refractivity contribution in [1.29, 1.82) is 0 Å². The predicted molar refractivity (Wildman–Crippen MR) is 79.2 cm³/mol. The molecule has 1 aromatic carbocycles. The summed E-state index contributed by atoms with van der Waals surface area (Å²) in [6.07, 6.45) is 2.76. The van der Waals surface area contributed by atoms with Crippen molar-refractivity contribution in [2.75, 3.05) is 18.4 Å². The van der Waals surface area contributed by atoms with Crippen molar-refractivity contribution in [2.24, 2.45) is 5.73 Å². The predicted octanol–water partition coefficient (Wildman–Crippen LogP) is 0.789. The molecular weight excluding hydrogens is 292 g/mol. The van der Waals surface area contributed by atoms with Crippen molar-refractivity contribution < 1.29 is 13.2 Å². The van der Waals surface area contributed by atoms with Crippen LogP contribution in [0.2, 0.25) is 0 Å². The second-order valence-electron chi connectivity index (χ2n) is 4.42. The number of aromatic nitrogens is 2. The number of sulfonamides is 1. The number of para-hydroxylation sites is 1. The number of nitrogens with two attached hydrogens (primary N) is 1. The van der Waals surface area contributed by atoms with Crippen molar-refractivity contribution in [1.82, 2.24) is 9.78 Å². The van der Waals surface area contributed by atoms with Crippen LogP contribution in [0.5, 0.6) is 0 Å². The molecule has 1 heterocycles. The third-order valence-corrected chi connectivity index (χ3v) is 4.16. The summed E-state index contributed by atoms with van der Waals surface area (Å²) in [6, 6.07) is 7.08. The molecule has 3 N–H and O–H groups in total. The zero-order valence-corrected chi connectivity index (χ0v) is 12.5. The second kappa shape index (κ2) is 6.70. The van der Waals surface area contributed by atoms with Gasteiger partial charge >= 0.3 is 0 Å². The molecule has 8 heteroatoms. The average Bonchev–Trinajstić information content (AvgIpc) is 2.91. The molecule has 0 fully saturated rings. The fourth-order valence-corrected chi connectivity index (χ4v) is 2.90. The highest BCUT2D eigenvalue weighted by Gasteiger charge is 2.18. The first kappa shape index (κ1) is 15.5. The van der Waals surface area contributed by atoms with Crippen LogP contribution < -0.4 is 10.5 Å². The van der Waals surface area contributed by atoms with E-state index in [-0.39, 0.29) is 4.90 Å². The number of nitrogens with zero attached hydrogens (tertiary/aromatic N) is 2. The summed E-state index contributed by atoms with van der Waals surface area (Å²) in [5, 5.41) is 3.97. The quantitative estimate of drug-likeness (QED) is 0.787. The fourth-order valence-electron chi connectivity index (χ4n) is 1.84. The molecule has 0 aliphatic carbocycles. The van der Waals surface area contributed by atoms with Crippen molar-refractivity contribution in [3.05, 3.63) is 42.2 Å². The van der Waals surface area contributed by atoms with Crippen LogP contribution in [0.25, 0.3) is 0 Å². The Labute approximate surface area is 123 Å². The zero-order valence-electron chi connectivity index (χ0n) is 11.7. The van der Waals surface area contributed by atoms with Crippen LogP contribution in [0.15, 0.2) is 41.6 Å². The summed E-state index contributed by atoms with van der Waals surface area (Å²) in [4.78, 5) is 0.100. The van der Waals surface area contributed by atoms with Gasteiger partial charge in [-0.2, -0.15) is 5.10 Å². The van der Waals surface area contributed by atoms with Crippen molar-refractivity contribution in [2.45, 2.75) is 18.0 Å². The minimum atomic E-state index is -3.68. The van der Waals surface area contributed by atoms with Gasteiger partial charge in [-0.15, -0.1) is 0 Å². The van der Waals surface area contributed by atoms with Gasteiger partial charge in [-0.05, 0) is 6.07 Å². The molecule has 0 saturated carbocycles.